The summed E-state index contributed by atoms with van der Waals surface area (Å²) in [5.74, 6) is 0.216. The number of alkyl halides is 2. The van der Waals surface area contributed by atoms with Crippen LogP contribution in [0.15, 0.2) is 24.3 Å². The third-order valence-electron chi connectivity index (χ3n) is 3.89. The highest BCUT2D eigenvalue weighted by Crippen LogP contribution is 2.23. The van der Waals surface area contributed by atoms with E-state index in [0.29, 0.717) is 17.6 Å². The first-order valence-electron chi connectivity index (χ1n) is 7.42. The fourth-order valence-electron chi connectivity index (χ4n) is 2.82. The monoisotopic (exact) mass is 308 g/mol. The zero-order chi connectivity index (χ0) is 15.5. The number of imidazole rings is 1. The molecule has 0 radical (unpaired) electrons. The lowest BCUT2D eigenvalue weighted by molar-refractivity contribution is -0.122. The van der Waals surface area contributed by atoms with Gasteiger partial charge in [0.05, 0.1) is 17.1 Å². The number of hydrogen-bond donors (Lipinski definition) is 2. The molecule has 0 spiro atoms. The molecule has 1 saturated heterocycles. The number of halogens is 2. The van der Waals surface area contributed by atoms with Gasteiger partial charge in [-0.05, 0) is 31.5 Å². The van der Waals surface area contributed by atoms with Gasteiger partial charge < -0.3 is 10.6 Å². The van der Waals surface area contributed by atoms with Crippen LogP contribution in [0.25, 0.3) is 11.0 Å². The quantitative estimate of drug-likeness (QED) is 0.886. The molecule has 1 aliphatic heterocycles. The Labute approximate surface area is 126 Å². The Kier molecular flexibility index (Phi) is 4.33. The van der Waals surface area contributed by atoms with Crippen LogP contribution in [0, 0.1) is 0 Å². The first-order chi connectivity index (χ1) is 10.7. The largest absolute Gasteiger partial charge is 0.354 e. The molecule has 1 aromatic heterocycles. The number of carbonyl (C=O) groups excluding carboxylic acids is 1. The average molecular weight is 308 g/mol. The lowest BCUT2D eigenvalue weighted by Crippen LogP contribution is -2.41. The summed E-state index contributed by atoms with van der Waals surface area (Å²) in [5.41, 5.74) is 0.956. The average Bonchev–Trinajstić information content (AvgIpc) is 3.14. The van der Waals surface area contributed by atoms with E-state index in [9.17, 15) is 13.6 Å². The Morgan fingerprint density at radius 2 is 2.27 bits per heavy atom. The van der Waals surface area contributed by atoms with E-state index in [1.807, 2.05) is 0 Å². The van der Waals surface area contributed by atoms with E-state index < -0.39 is 6.55 Å². The van der Waals surface area contributed by atoms with E-state index in [-0.39, 0.29) is 24.2 Å². The minimum atomic E-state index is -2.64. The zero-order valence-corrected chi connectivity index (χ0v) is 12.1. The number of nitrogens with zero attached hydrogens (tertiary/aromatic N) is 2. The van der Waals surface area contributed by atoms with E-state index in [1.165, 1.54) is 0 Å². The molecule has 2 heterocycles. The van der Waals surface area contributed by atoms with Gasteiger partial charge in [0, 0.05) is 13.0 Å². The number of fused-ring (bicyclic) bond motifs is 1. The molecular formula is C15H18F2N4O. The number of aromatic nitrogens is 2. The Balaban J connectivity index is 1.68. The molecule has 0 saturated carbocycles. The normalized spacial score (nSPS) is 18.2. The topological polar surface area (TPSA) is 59.0 Å². The Hall–Kier alpha value is -2.02. The molecule has 7 heteroatoms. The molecular weight excluding hydrogens is 290 g/mol. The first-order valence-corrected chi connectivity index (χ1v) is 7.42. The van der Waals surface area contributed by atoms with E-state index >= 15 is 0 Å². The molecule has 2 aromatic rings. The van der Waals surface area contributed by atoms with Crippen molar-refractivity contribution in [3.8, 4) is 0 Å². The van der Waals surface area contributed by atoms with Crippen molar-refractivity contribution in [3.63, 3.8) is 0 Å². The van der Waals surface area contributed by atoms with Gasteiger partial charge in [0.25, 0.3) is 0 Å². The minimum absolute atomic E-state index is 0.0720. The van der Waals surface area contributed by atoms with Crippen LogP contribution in [-0.4, -0.2) is 34.6 Å². The van der Waals surface area contributed by atoms with Crippen LogP contribution in [-0.2, 0) is 11.2 Å². The molecule has 1 atom stereocenters. The van der Waals surface area contributed by atoms with Gasteiger partial charge in [-0.25, -0.2) is 4.98 Å². The summed E-state index contributed by atoms with van der Waals surface area (Å²) in [4.78, 5) is 16.1. The molecule has 22 heavy (non-hydrogen) atoms. The number of para-hydroxylation sites is 2. The molecule has 1 aliphatic rings. The molecule has 1 amide bonds. The molecule has 2 N–H and O–H groups in total. The summed E-state index contributed by atoms with van der Waals surface area (Å²) < 4.78 is 27.4. The van der Waals surface area contributed by atoms with E-state index in [1.54, 1.807) is 24.3 Å². The maximum Gasteiger partial charge on any atom is 0.320 e. The van der Waals surface area contributed by atoms with Crippen molar-refractivity contribution in [1.82, 2.24) is 20.2 Å². The Bertz CT molecular complexity index is 665. The van der Waals surface area contributed by atoms with Crippen molar-refractivity contribution < 1.29 is 13.6 Å². The second kappa shape index (κ2) is 6.39. The van der Waals surface area contributed by atoms with Crippen molar-refractivity contribution in [2.45, 2.75) is 31.9 Å². The van der Waals surface area contributed by atoms with Gasteiger partial charge >= 0.3 is 6.55 Å². The molecule has 1 unspecified atom stereocenters. The van der Waals surface area contributed by atoms with Gasteiger partial charge in [-0.1, -0.05) is 12.1 Å². The summed E-state index contributed by atoms with van der Waals surface area (Å²) >= 11 is 0. The smallest absolute Gasteiger partial charge is 0.320 e. The van der Waals surface area contributed by atoms with Crippen LogP contribution in [0.2, 0.25) is 0 Å². The molecule has 5 nitrogen and oxygen atoms in total. The van der Waals surface area contributed by atoms with Gasteiger partial charge in [0.1, 0.15) is 5.82 Å². The maximum absolute atomic E-state index is 13.2. The highest BCUT2D eigenvalue weighted by molar-refractivity contribution is 5.82. The number of hydrogen-bond acceptors (Lipinski definition) is 3. The maximum atomic E-state index is 13.2. The number of carbonyl (C=O) groups is 1. The molecule has 0 aliphatic carbocycles. The van der Waals surface area contributed by atoms with Crippen molar-refractivity contribution in [1.29, 1.82) is 0 Å². The van der Waals surface area contributed by atoms with Gasteiger partial charge in [-0.2, -0.15) is 8.78 Å². The van der Waals surface area contributed by atoms with Crippen molar-refractivity contribution in [3.05, 3.63) is 30.1 Å². The fraction of sp³-hybridized carbons (Fsp3) is 0.467. The summed E-state index contributed by atoms with van der Waals surface area (Å²) in [5, 5.41) is 5.89. The zero-order valence-electron chi connectivity index (χ0n) is 12.1. The summed E-state index contributed by atoms with van der Waals surface area (Å²) in [7, 11) is 0. The van der Waals surface area contributed by atoms with Crippen molar-refractivity contribution >= 4 is 16.9 Å². The Morgan fingerprint density at radius 1 is 1.45 bits per heavy atom. The summed E-state index contributed by atoms with van der Waals surface area (Å²) in [6.45, 7) is -1.50. The predicted molar refractivity (Wildman–Crippen MR) is 78.7 cm³/mol. The summed E-state index contributed by atoms with van der Waals surface area (Å²) in [6, 6.07) is 6.65. The van der Waals surface area contributed by atoms with Crippen LogP contribution in [0.5, 0.6) is 0 Å². The van der Waals surface area contributed by atoms with Crippen LogP contribution in [0.3, 0.4) is 0 Å². The predicted octanol–water partition coefficient (Wildman–Crippen LogP) is 1.84. The van der Waals surface area contributed by atoms with Gasteiger partial charge in [0.2, 0.25) is 5.91 Å². The number of nitrogens with one attached hydrogen (secondary N) is 2. The molecule has 3 rings (SSSR count). The highest BCUT2D eigenvalue weighted by Gasteiger charge is 2.22. The van der Waals surface area contributed by atoms with Crippen LogP contribution in [0.4, 0.5) is 8.78 Å². The second-order valence-corrected chi connectivity index (χ2v) is 5.35. The van der Waals surface area contributed by atoms with E-state index in [2.05, 4.69) is 15.6 Å². The second-order valence-electron chi connectivity index (χ2n) is 5.35. The van der Waals surface area contributed by atoms with Crippen molar-refractivity contribution in [2.75, 3.05) is 13.1 Å². The molecule has 1 aromatic carbocycles. The fourth-order valence-corrected chi connectivity index (χ4v) is 2.82. The standard InChI is InChI=1S/C15H18F2N4O/c16-15(17)21-12-6-2-1-4-10(12)20-13(21)7-9-19-14(22)11-5-3-8-18-11/h1-2,4,6,11,15,18H,3,5,7-9H2,(H,19,22). The Morgan fingerprint density at radius 3 is 3.00 bits per heavy atom. The van der Waals surface area contributed by atoms with Crippen molar-refractivity contribution in [2.24, 2.45) is 0 Å². The minimum Gasteiger partial charge on any atom is -0.354 e. The lowest BCUT2D eigenvalue weighted by Gasteiger charge is -2.11. The van der Waals surface area contributed by atoms with Gasteiger partial charge in [0.15, 0.2) is 0 Å². The van der Waals surface area contributed by atoms with Crippen LogP contribution < -0.4 is 10.6 Å². The van der Waals surface area contributed by atoms with E-state index in [4.69, 9.17) is 0 Å². The summed E-state index contributed by atoms with van der Waals surface area (Å²) in [6.07, 6.45) is 2.08. The lowest BCUT2D eigenvalue weighted by atomic mass is 10.2. The van der Waals surface area contributed by atoms with Gasteiger partial charge in [-0.3, -0.25) is 9.36 Å². The molecule has 0 bridgehead atoms. The van der Waals surface area contributed by atoms with Crippen LogP contribution in [0.1, 0.15) is 25.2 Å². The molecule has 1 fully saturated rings. The third kappa shape index (κ3) is 2.94. The van der Waals surface area contributed by atoms with Crippen LogP contribution >= 0.6 is 0 Å². The number of amides is 1. The highest BCUT2D eigenvalue weighted by atomic mass is 19.3. The number of benzene rings is 1. The van der Waals surface area contributed by atoms with E-state index in [0.717, 1.165) is 24.0 Å². The third-order valence-corrected chi connectivity index (χ3v) is 3.89. The van der Waals surface area contributed by atoms with Gasteiger partial charge in [-0.15, -0.1) is 0 Å². The SMILES string of the molecule is O=C(NCCc1nc2ccccc2n1C(F)F)C1CCCN1. The molecule has 118 valence electrons. The number of rotatable bonds is 5. The first kappa shape index (κ1) is 14.9.